The number of hydrogen-bond acceptors (Lipinski definition) is 3. The summed E-state index contributed by atoms with van der Waals surface area (Å²) in [6, 6.07) is 2.14. The van der Waals surface area contributed by atoms with Gasteiger partial charge in [-0.2, -0.15) is 0 Å². The van der Waals surface area contributed by atoms with E-state index in [1.807, 2.05) is 0 Å². The maximum absolute atomic E-state index is 3.76. The molecule has 2 unspecified atom stereocenters. The predicted molar refractivity (Wildman–Crippen MR) is 84.7 cm³/mol. The second-order valence-electron chi connectivity index (χ2n) is 6.45. The number of nitrogens with zero attached hydrogens (tertiary/aromatic N) is 2. The van der Waals surface area contributed by atoms with Crippen LogP contribution in [0.1, 0.15) is 53.4 Å². The molecule has 3 nitrogen and oxygen atoms in total. The minimum atomic E-state index is 0.701. The highest BCUT2D eigenvalue weighted by atomic mass is 15.2. The molecule has 0 bridgehead atoms. The van der Waals surface area contributed by atoms with Gasteiger partial charge in [0.05, 0.1) is 0 Å². The van der Waals surface area contributed by atoms with E-state index >= 15 is 0 Å². The Balaban J connectivity index is 2.19. The fraction of sp³-hybridized carbons (Fsp3) is 1.00. The summed E-state index contributed by atoms with van der Waals surface area (Å²) in [4.78, 5) is 5.08. The molecule has 114 valence electrons. The molecule has 1 N–H and O–H groups in total. The van der Waals surface area contributed by atoms with Crippen LogP contribution < -0.4 is 5.32 Å². The first-order valence-electron chi connectivity index (χ1n) is 8.22. The van der Waals surface area contributed by atoms with E-state index in [0.29, 0.717) is 12.1 Å². The molecule has 1 fully saturated rings. The van der Waals surface area contributed by atoms with Crippen LogP contribution in [-0.4, -0.2) is 61.2 Å². The highest BCUT2D eigenvalue weighted by Gasteiger charge is 2.18. The number of nitrogens with one attached hydrogen (secondary N) is 1. The Morgan fingerprint density at radius 2 is 1.95 bits per heavy atom. The Hall–Kier alpha value is -0.120. The fourth-order valence-corrected chi connectivity index (χ4v) is 2.82. The zero-order valence-electron chi connectivity index (χ0n) is 13.8. The fourth-order valence-electron chi connectivity index (χ4n) is 2.82. The quantitative estimate of drug-likeness (QED) is 0.766. The van der Waals surface area contributed by atoms with E-state index in [4.69, 9.17) is 0 Å². The molecule has 1 saturated heterocycles. The van der Waals surface area contributed by atoms with Crippen LogP contribution in [0.5, 0.6) is 0 Å². The summed E-state index contributed by atoms with van der Waals surface area (Å²) in [5.41, 5.74) is 0. The minimum Gasteiger partial charge on any atom is -0.313 e. The van der Waals surface area contributed by atoms with Gasteiger partial charge in [0, 0.05) is 31.2 Å². The Morgan fingerprint density at radius 3 is 2.58 bits per heavy atom. The number of likely N-dealkylation sites (N-methyl/N-ethyl adjacent to an activating group) is 1. The van der Waals surface area contributed by atoms with Crippen LogP contribution in [0.15, 0.2) is 0 Å². The topological polar surface area (TPSA) is 18.5 Å². The zero-order chi connectivity index (χ0) is 14.3. The van der Waals surface area contributed by atoms with E-state index in [-0.39, 0.29) is 0 Å². The van der Waals surface area contributed by atoms with E-state index in [0.717, 1.165) is 12.6 Å². The van der Waals surface area contributed by atoms with Crippen LogP contribution in [0.2, 0.25) is 0 Å². The summed E-state index contributed by atoms with van der Waals surface area (Å²) in [5.74, 6) is 0. The molecule has 0 aromatic heterocycles. The third-order valence-electron chi connectivity index (χ3n) is 4.73. The lowest BCUT2D eigenvalue weighted by atomic mass is 10.1. The lowest BCUT2D eigenvalue weighted by molar-refractivity contribution is 0.227. The SMILES string of the molecule is CCC(C)N(C)CCNC1CCCN(C(C)C)CC1. The van der Waals surface area contributed by atoms with Gasteiger partial charge < -0.3 is 15.1 Å². The summed E-state index contributed by atoms with van der Waals surface area (Å²) < 4.78 is 0. The molecule has 1 rings (SSSR count). The van der Waals surface area contributed by atoms with Gasteiger partial charge in [0.25, 0.3) is 0 Å². The summed E-state index contributed by atoms with van der Waals surface area (Å²) in [7, 11) is 2.24. The van der Waals surface area contributed by atoms with Crippen molar-refractivity contribution in [3.63, 3.8) is 0 Å². The molecule has 0 radical (unpaired) electrons. The van der Waals surface area contributed by atoms with Crippen molar-refractivity contribution in [1.29, 1.82) is 0 Å². The van der Waals surface area contributed by atoms with Gasteiger partial charge in [-0.3, -0.25) is 0 Å². The summed E-state index contributed by atoms with van der Waals surface area (Å²) in [6.07, 6.45) is 5.24. The smallest absolute Gasteiger partial charge is 0.0107 e. The third kappa shape index (κ3) is 6.24. The van der Waals surface area contributed by atoms with Crippen LogP contribution in [-0.2, 0) is 0 Å². The average molecular weight is 269 g/mol. The molecule has 1 heterocycles. The van der Waals surface area contributed by atoms with Crippen molar-refractivity contribution in [1.82, 2.24) is 15.1 Å². The Labute approximate surface area is 120 Å². The Morgan fingerprint density at radius 1 is 1.21 bits per heavy atom. The van der Waals surface area contributed by atoms with Gasteiger partial charge in [-0.25, -0.2) is 0 Å². The van der Waals surface area contributed by atoms with Crippen molar-refractivity contribution in [2.75, 3.05) is 33.2 Å². The summed E-state index contributed by atoms with van der Waals surface area (Å²) in [5, 5.41) is 3.76. The average Bonchev–Trinajstić information content (AvgIpc) is 2.63. The standard InChI is InChI=1S/C16H35N3/c1-6-15(4)18(5)13-10-17-16-8-7-11-19(12-9-16)14(2)3/h14-17H,6-13H2,1-5H3. The van der Waals surface area contributed by atoms with Gasteiger partial charge in [0.15, 0.2) is 0 Å². The van der Waals surface area contributed by atoms with E-state index in [2.05, 4.69) is 49.9 Å². The highest BCUT2D eigenvalue weighted by molar-refractivity contribution is 4.77. The van der Waals surface area contributed by atoms with Crippen molar-refractivity contribution >= 4 is 0 Å². The lowest BCUT2D eigenvalue weighted by Crippen LogP contribution is -2.39. The second-order valence-corrected chi connectivity index (χ2v) is 6.45. The molecular formula is C16H35N3. The highest BCUT2D eigenvalue weighted by Crippen LogP contribution is 2.13. The molecule has 3 heteroatoms. The van der Waals surface area contributed by atoms with E-state index in [1.54, 1.807) is 0 Å². The number of hydrogen-bond donors (Lipinski definition) is 1. The molecule has 0 spiro atoms. The minimum absolute atomic E-state index is 0.701. The second kappa shape index (κ2) is 8.93. The lowest BCUT2D eigenvalue weighted by Gasteiger charge is -2.26. The largest absolute Gasteiger partial charge is 0.313 e. The van der Waals surface area contributed by atoms with Crippen molar-refractivity contribution in [2.24, 2.45) is 0 Å². The van der Waals surface area contributed by atoms with Gasteiger partial charge in [-0.15, -0.1) is 0 Å². The van der Waals surface area contributed by atoms with Gasteiger partial charge in [0.1, 0.15) is 0 Å². The summed E-state index contributed by atoms with van der Waals surface area (Å²) in [6.45, 7) is 14.0. The van der Waals surface area contributed by atoms with Gasteiger partial charge in [-0.1, -0.05) is 6.92 Å². The number of likely N-dealkylation sites (tertiary alicyclic amines) is 1. The number of rotatable bonds is 7. The van der Waals surface area contributed by atoms with E-state index in [9.17, 15) is 0 Å². The molecule has 0 saturated carbocycles. The normalized spacial score (nSPS) is 23.8. The van der Waals surface area contributed by atoms with E-state index < -0.39 is 0 Å². The molecule has 0 aromatic carbocycles. The molecule has 0 amide bonds. The first kappa shape index (κ1) is 16.9. The van der Waals surface area contributed by atoms with Crippen molar-refractivity contribution in [3.8, 4) is 0 Å². The van der Waals surface area contributed by atoms with Crippen LogP contribution in [0.25, 0.3) is 0 Å². The van der Waals surface area contributed by atoms with Crippen LogP contribution in [0.4, 0.5) is 0 Å². The van der Waals surface area contributed by atoms with Crippen molar-refractivity contribution < 1.29 is 0 Å². The van der Waals surface area contributed by atoms with Crippen LogP contribution in [0, 0.1) is 0 Å². The van der Waals surface area contributed by atoms with Crippen molar-refractivity contribution in [2.45, 2.75) is 71.5 Å². The van der Waals surface area contributed by atoms with Crippen molar-refractivity contribution in [3.05, 3.63) is 0 Å². The molecule has 1 aliphatic heterocycles. The van der Waals surface area contributed by atoms with E-state index in [1.165, 1.54) is 45.3 Å². The predicted octanol–water partition coefficient (Wildman–Crippen LogP) is 2.57. The molecule has 0 aromatic rings. The zero-order valence-corrected chi connectivity index (χ0v) is 13.8. The molecule has 19 heavy (non-hydrogen) atoms. The Kier molecular flexibility index (Phi) is 7.96. The monoisotopic (exact) mass is 269 g/mol. The van der Waals surface area contributed by atoms with Gasteiger partial charge in [-0.05, 0) is 66.6 Å². The van der Waals surface area contributed by atoms with Crippen LogP contribution in [0.3, 0.4) is 0 Å². The molecular weight excluding hydrogens is 234 g/mol. The Bertz CT molecular complexity index is 230. The maximum Gasteiger partial charge on any atom is 0.0107 e. The molecule has 0 aliphatic carbocycles. The van der Waals surface area contributed by atoms with Gasteiger partial charge in [0.2, 0.25) is 0 Å². The third-order valence-corrected chi connectivity index (χ3v) is 4.73. The molecule has 1 aliphatic rings. The first-order valence-corrected chi connectivity index (χ1v) is 8.22. The summed E-state index contributed by atoms with van der Waals surface area (Å²) >= 11 is 0. The maximum atomic E-state index is 3.76. The van der Waals surface area contributed by atoms with Crippen LogP contribution >= 0.6 is 0 Å². The first-order chi connectivity index (χ1) is 9.04. The molecule has 2 atom stereocenters. The van der Waals surface area contributed by atoms with Gasteiger partial charge >= 0.3 is 0 Å².